The molecule has 2 aromatic carbocycles. The first-order valence-corrected chi connectivity index (χ1v) is 9.86. The molecule has 8 heteroatoms. The second-order valence-electron chi connectivity index (χ2n) is 7.49. The van der Waals surface area contributed by atoms with E-state index in [1.54, 1.807) is 32.1 Å². The highest BCUT2D eigenvalue weighted by molar-refractivity contribution is 6.14. The van der Waals surface area contributed by atoms with Crippen molar-refractivity contribution in [2.24, 2.45) is 10.2 Å². The van der Waals surface area contributed by atoms with E-state index in [9.17, 15) is 14.5 Å². The van der Waals surface area contributed by atoms with Gasteiger partial charge in [-0.05, 0) is 59.8 Å². The molecule has 1 aliphatic heterocycles. The Morgan fingerprint density at radius 3 is 2.58 bits per heavy atom. The monoisotopic (exact) mass is 420 g/mol. The molecule has 0 bridgehead atoms. The maximum absolute atomic E-state index is 12.6. The third kappa shape index (κ3) is 5.03. The summed E-state index contributed by atoms with van der Waals surface area (Å²) in [6.45, 7) is 6.99. The molecule has 2 aromatic rings. The highest BCUT2D eigenvalue weighted by atomic mass is 16.5. The molecule has 3 rings (SSSR count). The van der Waals surface area contributed by atoms with E-state index in [2.05, 4.69) is 15.6 Å². The summed E-state index contributed by atoms with van der Waals surface area (Å²) in [5, 5.41) is 4.13. The number of carbonyl (C=O) groups is 2. The van der Waals surface area contributed by atoms with Crippen LogP contribution in [0.25, 0.3) is 6.08 Å². The largest absolute Gasteiger partial charge is 0.483 e. The Morgan fingerprint density at radius 1 is 1.23 bits per heavy atom. The van der Waals surface area contributed by atoms with Gasteiger partial charge in [0.15, 0.2) is 6.61 Å². The zero-order chi connectivity index (χ0) is 22.5. The minimum absolute atomic E-state index is 0.0689. The molecule has 8 nitrogen and oxygen atoms in total. The maximum atomic E-state index is 12.6. The van der Waals surface area contributed by atoms with E-state index in [4.69, 9.17) is 4.74 Å². The van der Waals surface area contributed by atoms with Gasteiger partial charge in [-0.2, -0.15) is 0 Å². The van der Waals surface area contributed by atoms with Crippen LogP contribution in [-0.4, -0.2) is 29.3 Å². The van der Waals surface area contributed by atoms with Crippen LogP contribution in [0.1, 0.15) is 43.4 Å². The first-order valence-electron chi connectivity index (χ1n) is 9.86. The number of carbonyl (C=O) groups excluding carboxylic acids is 2. The lowest BCUT2D eigenvalue weighted by molar-refractivity contribution is -0.134. The normalized spacial score (nSPS) is 14.7. The predicted octanol–water partition coefficient (Wildman–Crippen LogP) is 4.23. The molecule has 1 heterocycles. The Labute approximate surface area is 180 Å². The van der Waals surface area contributed by atoms with E-state index in [0.29, 0.717) is 22.8 Å². The second kappa shape index (κ2) is 9.34. The smallest absolute Gasteiger partial charge is 0.296 e. The van der Waals surface area contributed by atoms with Gasteiger partial charge in [-0.25, -0.2) is 10.0 Å². The minimum Gasteiger partial charge on any atom is -0.483 e. The maximum Gasteiger partial charge on any atom is 0.296 e. The van der Waals surface area contributed by atoms with Crippen molar-refractivity contribution in [2.45, 2.75) is 33.6 Å². The average Bonchev–Trinajstić information content (AvgIpc) is 3.00. The number of benzene rings is 2. The van der Waals surface area contributed by atoms with E-state index < -0.39 is 11.8 Å². The summed E-state index contributed by atoms with van der Waals surface area (Å²) < 4.78 is 5.70. The van der Waals surface area contributed by atoms with Gasteiger partial charge in [-0.15, -0.1) is 4.91 Å². The summed E-state index contributed by atoms with van der Waals surface area (Å²) in [5.41, 5.74) is 5.37. The molecule has 0 fully saturated rings. The number of hydrazine groups is 1. The fourth-order valence-corrected chi connectivity index (χ4v) is 3.13. The SMILES string of the molecule is CC1=N/C(=C\c2ccccc2)C(=O)N1NC(=O)COc1cc(C)c(N=O)cc1C(C)C. The Kier molecular flexibility index (Phi) is 6.59. The quantitative estimate of drug-likeness (QED) is 0.535. The molecule has 0 aromatic heterocycles. The summed E-state index contributed by atoms with van der Waals surface area (Å²) in [6.07, 6.45) is 1.66. The van der Waals surface area contributed by atoms with Crippen molar-refractivity contribution in [3.63, 3.8) is 0 Å². The van der Waals surface area contributed by atoms with Gasteiger partial charge < -0.3 is 4.74 Å². The van der Waals surface area contributed by atoms with Gasteiger partial charge in [0.1, 0.15) is 23.0 Å². The lowest BCUT2D eigenvalue weighted by Crippen LogP contribution is -2.47. The average molecular weight is 420 g/mol. The van der Waals surface area contributed by atoms with Gasteiger partial charge in [-0.3, -0.25) is 15.0 Å². The third-order valence-electron chi connectivity index (χ3n) is 4.78. The lowest BCUT2D eigenvalue weighted by atomic mass is 9.99. The molecule has 1 aliphatic rings. The Bertz CT molecular complexity index is 1070. The van der Waals surface area contributed by atoms with Crippen LogP contribution in [0.2, 0.25) is 0 Å². The molecule has 0 unspecified atom stereocenters. The Morgan fingerprint density at radius 2 is 1.94 bits per heavy atom. The molecule has 2 amide bonds. The number of nitrogens with zero attached hydrogens (tertiary/aromatic N) is 3. The van der Waals surface area contributed by atoms with Crippen molar-refractivity contribution in [2.75, 3.05) is 6.61 Å². The fraction of sp³-hybridized carbons (Fsp3) is 0.261. The standard InChI is InChI=1S/C23H24N4O4/c1-14(2)18-12-19(26-30)15(3)10-21(18)31-13-22(28)25-27-16(4)24-20(23(27)29)11-17-8-6-5-7-9-17/h5-12,14H,13H2,1-4H3,(H,25,28)/b20-11-. The summed E-state index contributed by atoms with van der Waals surface area (Å²) in [6, 6.07) is 12.7. The zero-order valence-electron chi connectivity index (χ0n) is 17.9. The number of amides is 2. The first kappa shape index (κ1) is 21.9. The third-order valence-corrected chi connectivity index (χ3v) is 4.78. The van der Waals surface area contributed by atoms with Crippen LogP contribution >= 0.6 is 0 Å². The van der Waals surface area contributed by atoms with Crippen molar-refractivity contribution in [1.82, 2.24) is 10.4 Å². The van der Waals surface area contributed by atoms with Crippen LogP contribution in [0.15, 0.2) is 58.3 Å². The van der Waals surface area contributed by atoms with Gasteiger partial charge in [-0.1, -0.05) is 44.2 Å². The zero-order valence-corrected chi connectivity index (χ0v) is 17.9. The molecule has 0 atom stereocenters. The topological polar surface area (TPSA) is 100 Å². The summed E-state index contributed by atoms with van der Waals surface area (Å²) >= 11 is 0. The minimum atomic E-state index is -0.506. The molecule has 0 aliphatic carbocycles. The number of aryl methyl sites for hydroxylation is 1. The van der Waals surface area contributed by atoms with Crippen LogP contribution in [-0.2, 0) is 9.59 Å². The van der Waals surface area contributed by atoms with Crippen LogP contribution in [0.4, 0.5) is 5.69 Å². The van der Waals surface area contributed by atoms with E-state index in [1.165, 1.54) is 0 Å². The number of hydrogen-bond donors (Lipinski definition) is 1. The van der Waals surface area contributed by atoms with Gasteiger partial charge in [0, 0.05) is 0 Å². The van der Waals surface area contributed by atoms with Gasteiger partial charge in [0.05, 0.1) is 0 Å². The number of rotatable bonds is 7. The molecular weight excluding hydrogens is 396 g/mol. The molecule has 160 valence electrons. The molecule has 0 radical (unpaired) electrons. The van der Waals surface area contributed by atoms with Crippen LogP contribution in [0.5, 0.6) is 5.75 Å². The first-order chi connectivity index (χ1) is 14.8. The van der Waals surface area contributed by atoms with E-state index >= 15 is 0 Å². The van der Waals surface area contributed by atoms with Crippen molar-refractivity contribution in [1.29, 1.82) is 0 Å². The molecule has 0 spiro atoms. The number of hydrogen-bond acceptors (Lipinski definition) is 6. The second-order valence-corrected chi connectivity index (χ2v) is 7.49. The summed E-state index contributed by atoms with van der Waals surface area (Å²) in [7, 11) is 0. The molecule has 1 N–H and O–H groups in total. The molecular formula is C23H24N4O4. The number of amidine groups is 1. The Hall–Kier alpha value is -3.81. The van der Waals surface area contributed by atoms with Crippen molar-refractivity contribution >= 4 is 29.4 Å². The van der Waals surface area contributed by atoms with Gasteiger partial charge in [0.2, 0.25) is 0 Å². The van der Waals surface area contributed by atoms with Crippen LogP contribution in [0.3, 0.4) is 0 Å². The van der Waals surface area contributed by atoms with Crippen molar-refractivity contribution < 1.29 is 14.3 Å². The van der Waals surface area contributed by atoms with E-state index in [0.717, 1.165) is 16.1 Å². The van der Waals surface area contributed by atoms with Crippen LogP contribution < -0.4 is 10.2 Å². The lowest BCUT2D eigenvalue weighted by Gasteiger charge is -2.19. The Balaban J connectivity index is 1.67. The van der Waals surface area contributed by atoms with E-state index in [1.807, 2.05) is 44.2 Å². The molecule has 0 saturated heterocycles. The number of nitrogens with one attached hydrogen (secondary N) is 1. The van der Waals surface area contributed by atoms with Crippen molar-refractivity contribution in [3.05, 3.63) is 69.8 Å². The number of aliphatic imine (C=N–C) groups is 1. The predicted molar refractivity (Wildman–Crippen MR) is 119 cm³/mol. The number of ether oxygens (including phenoxy) is 1. The van der Waals surface area contributed by atoms with Crippen LogP contribution in [0, 0.1) is 11.8 Å². The summed E-state index contributed by atoms with van der Waals surface area (Å²) in [5.74, 6) is 0.00141. The molecule has 0 saturated carbocycles. The highest BCUT2D eigenvalue weighted by Gasteiger charge is 2.29. The van der Waals surface area contributed by atoms with Gasteiger partial charge in [0.25, 0.3) is 11.8 Å². The van der Waals surface area contributed by atoms with Crippen molar-refractivity contribution in [3.8, 4) is 5.75 Å². The number of nitroso groups, excluding NO2 is 1. The summed E-state index contributed by atoms with van der Waals surface area (Å²) in [4.78, 5) is 40.3. The fourth-order valence-electron chi connectivity index (χ4n) is 3.13. The highest BCUT2D eigenvalue weighted by Crippen LogP contribution is 2.33. The molecule has 31 heavy (non-hydrogen) atoms. The van der Waals surface area contributed by atoms with Gasteiger partial charge >= 0.3 is 0 Å². The van der Waals surface area contributed by atoms with E-state index in [-0.39, 0.29) is 18.2 Å².